The first-order chi connectivity index (χ1) is 8.09. The minimum Gasteiger partial charge on any atom is -0.478 e. The van der Waals surface area contributed by atoms with Crippen LogP contribution in [0.5, 0.6) is 0 Å². The van der Waals surface area contributed by atoms with Gasteiger partial charge in [-0.2, -0.15) is 0 Å². The van der Waals surface area contributed by atoms with E-state index in [-0.39, 0.29) is 24.1 Å². The molecule has 0 aliphatic heterocycles. The summed E-state index contributed by atoms with van der Waals surface area (Å²) >= 11 is 0. The van der Waals surface area contributed by atoms with Crippen molar-refractivity contribution in [2.24, 2.45) is 0 Å². The molecule has 0 radical (unpaired) electrons. The van der Waals surface area contributed by atoms with Gasteiger partial charge in [-0.1, -0.05) is 12.5 Å². The van der Waals surface area contributed by atoms with E-state index >= 15 is 0 Å². The van der Waals surface area contributed by atoms with Gasteiger partial charge < -0.3 is 9.84 Å². The number of allylic oxidation sites excluding steroid dienone is 1. The fourth-order valence-electron chi connectivity index (χ4n) is 1.92. The first-order valence-corrected chi connectivity index (χ1v) is 6.19. The van der Waals surface area contributed by atoms with Crippen LogP contribution in [0.25, 0.3) is 0 Å². The number of carbonyl (C=O) groups excluding carboxylic acids is 1. The first kappa shape index (κ1) is 13.7. The van der Waals surface area contributed by atoms with E-state index in [9.17, 15) is 9.59 Å². The lowest BCUT2D eigenvalue weighted by Crippen LogP contribution is -2.20. The Hall–Kier alpha value is -1.32. The Balaban J connectivity index is 2.20. The van der Waals surface area contributed by atoms with Crippen LogP contribution in [0.15, 0.2) is 11.6 Å². The van der Waals surface area contributed by atoms with E-state index in [0.29, 0.717) is 6.42 Å². The van der Waals surface area contributed by atoms with E-state index in [1.165, 1.54) is 13.3 Å². The molecule has 0 aromatic heterocycles. The normalized spacial score (nSPS) is 17.8. The van der Waals surface area contributed by atoms with Gasteiger partial charge in [0, 0.05) is 12.0 Å². The van der Waals surface area contributed by atoms with Crippen molar-refractivity contribution in [3.63, 3.8) is 0 Å². The van der Waals surface area contributed by atoms with Crippen molar-refractivity contribution >= 4 is 11.9 Å². The van der Waals surface area contributed by atoms with Crippen LogP contribution in [0.2, 0.25) is 0 Å². The molecule has 96 valence electrons. The summed E-state index contributed by atoms with van der Waals surface area (Å²) in [6.07, 6.45) is 7.78. The second-order valence-corrected chi connectivity index (χ2v) is 4.48. The topological polar surface area (TPSA) is 63.6 Å². The summed E-state index contributed by atoms with van der Waals surface area (Å²) in [6.45, 7) is 1.52. The van der Waals surface area contributed by atoms with Gasteiger partial charge in [0.05, 0.1) is 0 Å². The lowest BCUT2D eigenvalue weighted by atomic mass is 9.98. The SMILES string of the molecule is CC(=CCCC(=O)OC1CCCCC1)C(=O)O. The van der Waals surface area contributed by atoms with Crippen molar-refractivity contribution in [2.75, 3.05) is 0 Å². The smallest absolute Gasteiger partial charge is 0.330 e. The summed E-state index contributed by atoms with van der Waals surface area (Å²) < 4.78 is 5.32. The van der Waals surface area contributed by atoms with Gasteiger partial charge in [0.2, 0.25) is 0 Å². The Morgan fingerprint density at radius 2 is 1.94 bits per heavy atom. The molecule has 0 spiro atoms. The molecule has 17 heavy (non-hydrogen) atoms. The Kier molecular flexibility index (Phi) is 5.73. The number of ether oxygens (including phenoxy) is 1. The summed E-state index contributed by atoms with van der Waals surface area (Å²) in [4.78, 5) is 22.0. The van der Waals surface area contributed by atoms with Crippen molar-refractivity contribution < 1.29 is 19.4 Å². The highest BCUT2D eigenvalue weighted by Crippen LogP contribution is 2.20. The van der Waals surface area contributed by atoms with Crippen LogP contribution < -0.4 is 0 Å². The molecule has 1 fully saturated rings. The maximum Gasteiger partial charge on any atom is 0.330 e. The van der Waals surface area contributed by atoms with Gasteiger partial charge >= 0.3 is 11.9 Å². The van der Waals surface area contributed by atoms with Crippen molar-refractivity contribution in [2.45, 2.75) is 58.0 Å². The lowest BCUT2D eigenvalue weighted by molar-refractivity contribution is -0.150. The number of hydrogen-bond acceptors (Lipinski definition) is 3. The molecule has 0 heterocycles. The van der Waals surface area contributed by atoms with Gasteiger partial charge in [-0.25, -0.2) is 4.79 Å². The van der Waals surface area contributed by atoms with E-state index in [4.69, 9.17) is 9.84 Å². The van der Waals surface area contributed by atoms with E-state index in [1.54, 1.807) is 6.08 Å². The van der Waals surface area contributed by atoms with Gasteiger partial charge in [-0.05, 0) is 39.0 Å². The molecule has 0 aromatic carbocycles. The Labute approximate surface area is 102 Å². The number of carbonyl (C=O) groups is 2. The van der Waals surface area contributed by atoms with Gasteiger partial charge in [-0.3, -0.25) is 4.79 Å². The zero-order chi connectivity index (χ0) is 12.7. The lowest BCUT2D eigenvalue weighted by Gasteiger charge is -2.21. The largest absolute Gasteiger partial charge is 0.478 e. The van der Waals surface area contributed by atoms with Crippen LogP contribution in [-0.4, -0.2) is 23.1 Å². The molecule has 0 atom stereocenters. The summed E-state index contributed by atoms with van der Waals surface area (Å²) in [5.41, 5.74) is 0.274. The average molecular weight is 240 g/mol. The third-order valence-electron chi connectivity index (χ3n) is 2.99. The second-order valence-electron chi connectivity index (χ2n) is 4.48. The van der Waals surface area contributed by atoms with Crippen LogP contribution in [0, 0.1) is 0 Å². The van der Waals surface area contributed by atoms with Crippen molar-refractivity contribution in [3.05, 3.63) is 11.6 Å². The summed E-state index contributed by atoms with van der Waals surface area (Å²) in [6, 6.07) is 0. The van der Waals surface area contributed by atoms with Crippen LogP contribution in [0.1, 0.15) is 51.9 Å². The molecule has 0 unspecified atom stereocenters. The van der Waals surface area contributed by atoms with Crippen molar-refractivity contribution in [1.29, 1.82) is 0 Å². The van der Waals surface area contributed by atoms with Gasteiger partial charge in [0.25, 0.3) is 0 Å². The molecule has 4 nitrogen and oxygen atoms in total. The van der Waals surface area contributed by atoms with Gasteiger partial charge in [-0.15, -0.1) is 0 Å². The number of hydrogen-bond donors (Lipinski definition) is 1. The van der Waals surface area contributed by atoms with E-state index in [2.05, 4.69) is 0 Å². The Bertz CT molecular complexity index is 301. The van der Waals surface area contributed by atoms with Crippen LogP contribution >= 0.6 is 0 Å². The van der Waals surface area contributed by atoms with Gasteiger partial charge in [0.1, 0.15) is 6.10 Å². The highest BCUT2D eigenvalue weighted by molar-refractivity contribution is 5.85. The number of esters is 1. The maximum absolute atomic E-state index is 11.5. The molecule has 0 bridgehead atoms. The third kappa shape index (κ3) is 5.52. The van der Waals surface area contributed by atoms with Crippen molar-refractivity contribution in [3.8, 4) is 0 Å². The minimum atomic E-state index is -0.939. The monoisotopic (exact) mass is 240 g/mol. The van der Waals surface area contributed by atoms with Crippen molar-refractivity contribution in [1.82, 2.24) is 0 Å². The number of aliphatic carboxylic acids is 1. The maximum atomic E-state index is 11.5. The minimum absolute atomic E-state index is 0.0841. The number of rotatable bonds is 5. The molecule has 4 heteroatoms. The molecule has 1 N–H and O–H groups in total. The quantitative estimate of drug-likeness (QED) is 0.592. The molecule has 0 saturated heterocycles. The highest BCUT2D eigenvalue weighted by Gasteiger charge is 2.17. The zero-order valence-electron chi connectivity index (χ0n) is 10.3. The van der Waals surface area contributed by atoms with E-state index in [1.807, 2.05) is 0 Å². The standard InChI is InChI=1S/C13H20O4/c1-10(13(15)16)6-5-9-12(14)17-11-7-3-2-4-8-11/h6,11H,2-5,7-9H2,1H3,(H,15,16). The average Bonchev–Trinajstić information content (AvgIpc) is 2.30. The van der Waals surface area contributed by atoms with E-state index in [0.717, 1.165) is 25.7 Å². The molecular formula is C13H20O4. The molecule has 0 amide bonds. The molecule has 1 aliphatic rings. The van der Waals surface area contributed by atoms with Gasteiger partial charge in [0.15, 0.2) is 0 Å². The molecule has 1 saturated carbocycles. The summed E-state index contributed by atoms with van der Waals surface area (Å²) in [5.74, 6) is -1.16. The summed E-state index contributed by atoms with van der Waals surface area (Å²) in [7, 11) is 0. The van der Waals surface area contributed by atoms with Crippen LogP contribution in [0.4, 0.5) is 0 Å². The first-order valence-electron chi connectivity index (χ1n) is 6.19. The Morgan fingerprint density at radius 3 is 2.53 bits per heavy atom. The molecular weight excluding hydrogens is 220 g/mol. The van der Waals surface area contributed by atoms with Crippen LogP contribution in [0.3, 0.4) is 0 Å². The third-order valence-corrected chi connectivity index (χ3v) is 2.99. The van der Waals surface area contributed by atoms with Crippen LogP contribution in [-0.2, 0) is 14.3 Å². The zero-order valence-corrected chi connectivity index (χ0v) is 10.3. The van der Waals surface area contributed by atoms with E-state index < -0.39 is 5.97 Å². The number of carboxylic acid groups (broad SMARTS) is 1. The fourth-order valence-corrected chi connectivity index (χ4v) is 1.92. The molecule has 1 rings (SSSR count). The molecule has 0 aromatic rings. The predicted molar refractivity (Wildman–Crippen MR) is 63.6 cm³/mol. The summed E-state index contributed by atoms with van der Waals surface area (Å²) in [5, 5.41) is 8.62. The molecule has 1 aliphatic carbocycles. The highest BCUT2D eigenvalue weighted by atomic mass is 16.5. The number of carboxylic acids is 1. The Morgan fingerprint density at radius 1 is 1.29 bits per heavy atom. The predicted octanol–water partition coefficient (Wildman–Crippen LogP) is 2.67. The fraction of sp³-hybridized carbons (Fsp3) is 0.692. The second kappa shape index (κ2) is 7.09.